The summed E-state index contributed by atoms with van der Waals surface area (Å²) in [5.41, 5.74) is 4.07. The van der Waals surface area contributed by atoms with Crippen molar-refractivity contribution in [3.05, 3.63) is 48.4 Å². The molecular formula is C19H22N6O2. The van der Waals surface area contributed by atoms with Gasteiger partial charge >= 0.3 is 0 Å². The summed E-state index contributed by atoms with van der Waals surface area (Å²) in [5, 5.41) is 6.89. The molecule has 3 heterocycles. The zero-order chi connectivity index (χ0) is 19.6. The number of hydrogen-bond acceptors (Lipinski definition) is 4. The summed E-state index contributed by atoms with van der Waals surface area (Å²) in [6.07, 6.45) is 5.65. The Hall–Kier alpha value is -3.42. The Kier molecular flexibility index (Phi) is 5.07. The standard InChI is InChI=1S/C18H20N6.CH2O2/c1-11(2)17-21-14-6-5-13(9-15(14)22-17)24-8-7-19-18(24)16-10-20-12(3)23(16)4;2-1-3/h5-11H,1-4H3,(H,21,22);1H,(H,2,3). The second-order valence-corrected chi connectivity index (χ2v) is 6.45. The van der Waals surface area contributed by atoms with Gasteiger partial charge in [0.25, 0.3) is 6.47 Å². The van der Waals surface area contributed by atoms with Crippen LogP contribution in [0, 0.1) is 6.92 Å². The number of imidazole rings is 3. The van der Waals surface area contributed by atoms with Gasteiger partial charge in [-0.3, -0.25) is 9.36 Å². The minimum absolute atomic E-state index is 0.250. The minimum Gasteiger partial charge on any atom is -0.483 e. The average molecular weight is 366 g/mol. The van der Waals surface area contributed by atoms with Crippen molar-refractivity contribution < 1.29 is 9.90 Å². The van der Waals surface area contributed by atoms with E-state index in [-0.39, 0.29) is 6.47 Å². The number of aryl methyl sites for hydroxylation is 1. The summed E-state index contributed by atoms with van der Waals surface area (Å²) in [6, 6.07) is 6.23. The highest BCUT2D eigenvalue weighted by Gasteiger charge is 2.14. The lowest BCUT2D eigenvalue weighted by atomic mass is 10.2. The van der Waals surface area contributed by atoms with E-state index in [1.165, 1.54) is 0 Å². The first-order valence-corrected chi connectivity index (χ1v) is 8.56. The fourth-order valence-corrected chi connectivity index (χ4v) is 2.85. The van der Waals surface area contributed by atoms with Gasteiger partial charge in [0.05, 0.1) is 17.2 Å². The van der Waals surface area contributed by atoms with E-state index in [9.17, 15) is 0 Å². The van der Waals surface area contributed by atoms with Gasteiger partial charge in [0.15, 0.2) is 5.82 Å². The molecule has 0 saturated carbocycles. The maximum absolute atomic E-state index is 8.36. The molecular weight excluding hydrogens is 344 g/mol. The van der Waals surface area contributed by atoms with Crippen LogP contribution in [-0.2, 0) is 11.8 Å². The Balaban J connectivity index is 0.000000659. The third-order valence-electron chi connectivity index (χ3n) is 4.40. The Morgan fingerprint density at radius 2 is 2.00 bits per heavy atom. The van der Waals surface area contributed by atoms with E-state index in [2.05, 4.69) is 50.5 Å². The molecule has 1 aromatic carbocycles. The maximum atomic E-state index is 8.36. The van der Waals surface area contributed by atoms with Gasteiger partial charge in [-0.25, -0.2) is 15.0 Å². The molecule has 0 radical (unpaired) electrons. The van der Waals surface area contributed by atoms with Crippen LogP contribution in [0.1, 0.15) is 31.4 Å². The first-order chi connectivity index (χ1) is 13.0. The van der Waals surface area contributed by atoms with Crippen molar-refractivity contribution in [2.75, 3.05) is 0 Å². The molecule has 2 N–H and O–H groups in total. The van der Waals surface area contributed by atoms with Crippen molar-refractivity contribution >= 4 is 17.5 Å². The van der Waals surface area contributed by atoms with Crippen LogP contribution in [0.4, 0.5) is 0 Å². The smallest absolute Gasteiger partial charge is 0.290 e. The average Bonchev–Trinajstić information content (AvgIpc) is 3.34. The topological polar surface area (TPSA) is 102 Å². The van der Waals surface area contributed by atoms with E-state index in [0.717, 1.165) is 39.9 Å². The molecule has 140 valence electrons. The van der Waals surface area contributed by atoms with Gasteiger partial charge in [-0.15, -0.1) is 0 Å². The monoisotopic (exact) mass is 366 g/mol. The lowest BCUT2D eigenvalue weighted by Crippen LogP contribution is -2.01. The molecule has 0 aliphatic rings. The highest BCUT2D eigenvalue weighted by molar-refractivity contribution is 5.78. The van der Waals surface area contributed by atoms with E-state index in [0.29, 0.717) is 5.92 Å². The molecule has 0 fully saturated rings. The van der Waals surface area contributed by atoms with Crippen molar-refractivity contribution in [3.63, 3.8) is 0 Å². The molecule has 0 saturated heterocycles. The van der Waals surface area contributed by atoms with Crippen molar-refractivity contribution in [3.8, 4) is 17.2 Å². The van der Waals surface area contributed by atoms with Gasteiger partial charge in [0.2, 0.25) is 0 Å². The molecule has 0 amide bonds. The molecule has 0 unspecified atom stereocenters. The number of nitrogens with zero attached hydrogens (tertiary/aromatic N) is 5. The van der Waals surface area contributed by atoms with Crippen LogP contribution < -0.4 is 0 Å². The van der Waals surface area contributed by atoms with E-state index < -0.39 is 0 Å². The second-order valence-electron chi connectivity index (χ2n) is 6.45. The number of fused-ring (bicyclic) bond motifs is 1. The van der Waals surface area contributed by atoms with Crippen molar-refractivity contribution in [2.45, 2.75) is 26.7 Å². The highest BCUT2D eigenvalue weighted by Crippen LogP contribution is 2.25. The van der Waals surface area contributed by atoms with Gasteiger partial charge in [-0.2, -0.15) is 0 Å². The molecule has 0 spiro atoms. The molecule has 8 nitrogen and oxygen atoms in total. The minimum atomic E-state index is -0.250. The van der Waals surface area contributed by atoms with E-state index in [1.54, 1.807) is 0 Å². The Bertz CT molecular complexity index is 1070. The zero-order valence-corrected chi connectivity index (χ0v) is 15.7. The second kappa shape index (κ2) is 7.45. The van der Waals surface area contributed by atoms with Crippen LogP contribution >= 0.6 is 0 Å². The third kappa shape index (κ3) is 3.46. The summed E-state index contributed by atoms with van der Waals surface area (Å²) in [5.74, 6) is 3.23. The number of H-pyrrole nitrogens is 1. The first kappa shape index (κ1) is 18.4. The molecule has 0 bridgehead atoms. The number of aromatic amines is 1. The van der Waals surface area contributed by atoms with Crippen LogP contribution in [0.2, 0.25) is 0 Å². The summed E-state index contributed by atoms with van der Waals surface area (Å²) in [6.45, 7) is 6.01. The number of hydrogen-bond donors (Lipinski definition) is 2. The largest absolute Gasteiger partial charge is 0.483 e. The molecule has 8 heteroatoms. The Morgan fingerprint density at radius 1 is 1.26 bits per heavy atom. The predicted octanol–water partition coefficient (Wildman–Crippen LogP) is 3.28. The van der Waals surface area contributed by atoms with Gasteiger partial charge in [-0.1, -0.05) is 13.8 Å². The van der Waals surface area contributed by atoms with Gasteiger partial charge < -0.3 is 14.7 Å². The Labute approximate surface area is 156 Å². The maximum Gasteiger partial charge on any atom is 0.290 e. The van der Waals surface area contributed by atoms with Gasteiger partial charge in [-0.05, 0) is 25.1 Å². The molecule has 4 aromatic rings. The number of benzene rings is 1. The SMILES string of the molecule is Cc1ncc(-c2nccn2-c2ccc3nc(C(C)C)[nH]c3c2)n1C.O=CO. The third-order valence-corrected chi connectivity index (χ3v) is 4.40. The van der Waals surface area contributed by atoms with Crippen molar-refractivity contribution in [1.29, 1.82) is 0 Å². The number of nitrogens with one attached hydrogen (secondary N) is 1. The molecule has 3 aromatic heterocycles. The number of rotatable bonds is 3. The van der Waals surface area contributed by atoms with Crippen LogP contribution in [0.15, 0.2) is 36.8 Å². The molecule has 0 atom stereocenters. The van der Waals surface area contributed by atoms with E-state index in [1.807, 2.05) is 43.2 Å². The fraction of sp³-hybridized carbons (Fsp3) is 0.263. The lowest BCUT2D eigenvalue weighted by molar-refractivity contribution is -0.122. The highest BCUT2D eigenvalue weighted by atomic mass is 16.3. The van der Waals surface area contributed by atoms with Crippen LogP contribution in [0.5, 0.6) is 0 Å². The first-order valence-electron chi connectivity index (χ1n) is 8.56. The van der Waals surface area contributed by atoms with Crippen LogP contribution in [0.25, 0.3) is 28.2 Å². The van der Waals surface area contributed by atoms with E-state index >= 15 is 0 Å². The predicted molar refractivity (Wildman–Crippen MR) is 103 cm³/mol. The number of carbonyl (C=O) groups is 1. The molecule has 0 aliphatic carbocycles. The Morgan fingerprint density at radius 3 is 2.63 bits per heavy atom. The van der Waals surface area contributed by atoms with Crippen LogP contribution in [-0.4, -0.2) is 40.6 Å². The van der Waals surface area contributed by atoms with Crippen molar-refractivity contribution in [1.82, 2.24) is 29.1 Å². The van der Waals surface area contributed by atoms with Crippen molar-refractivity contribution in [2.24, 2.45) is 7.05 Å². The summed E-state index contributed by atoms with van der Waals surface area (Å²) < 4.78 is 4.12. The molecule has 27 heavy (non-hydrogen) atoms. The lowest BCUT2D eigenvalue weighted by Gasteiger charge is -2.08. The number of aromatic nitrogens is 6. The zero-order valence-electron chi connectivity index (χ0n) is 15.7. The van der Waals surface area contributed by atoms with Crippen LogP contribution in [0.3, 0.4) is 0 Å². The fourth-order valence-electron chi connectivity index (χ4n) is 2.85. The van der Waals surface area contributed by atoms with Gasteiger partial charge in [0, 0.05) is 31.0 Å². The molecule has 0 aliphatic heterocycles. The normalized spacial score (nSPS) is 10.9. The van der Waals surface area contributed by atoms with E-state index in [4.69, 9.17) is 9.90 Å². The number of carboxylic acid groups (broad SMARTS) is 1. The summed E-state index contributed by atoms with van der Waals surface area (Å²) in [7, 11) is 2.00. The van der Waals surface area contributed by atoms with Gasteiger partial charge in [0.1, 0.15) is 17.3 Å². The summed E-state index contributed by atoms with van der Waals surface area (Å²) >= 11 is 0. The molecule has 4 rings (SSSR count). The quantitative estimate of drug-likeness (QED) is 0.542. The summed E-state index contributed by atoms with van der Waals surface area (Å²) in [4.78, 5) is 25.3.